The molecule has 114 valence electrons. The molecule has 0 bridgehead atoms. The number of benzene rings is 1. The van der Waals surface area contributed by atoms with E-state index in [1.807, 2.05) is 82.3 Å². The van der Waals surface area contributed by atoms with Crippen LogP contribution in [0.4, 0.5) is 5.69 Å². The molecule has 0 atom stereocenters. The van der Waals surface area contributed by atoms with Crippen LogP contribution in [-0.2, 0) is 4.79 Å². The molecule has 0 spiro atoms. The minimum Gasteiger partial charge on any atom is -0.326 e. The van der Waals surface area contributed by atoms with Gasteiger partial charge in [0, 0.05) is 16.8 Å². The zero-order chi connectivity index (χ0) is 16.2. The molecule has 2 aromatic rings. The Morgan fingerprint density at radius 1 is 1.09 bits per heavy atom. The average Bonchev–Trinajstić information content (AvgIpc) is 2.45. The van der Waals surface area contributed by atoms with Crippen LogP contribution in [0.15, 0.2) is 42.5 Å². The maximum Gasteiger partial charge on any atom is 0.229 e. The number of carbonyl (C=O) groups is 1. The summed E-state index contributed by atoms with van der Waals surface area (Å²) in [5, 5.41) is 2.94. The number of pyridine rings is 1. The number of aryl methyl sites for hydroxylation is 1. The minimum atomic E-state index is -0.405. The van der Waals surface area contributed by atoms with Crippen molar-refractivity contribution in [2.75, 3.05) is 5.32 Å². The van der Waals surface area contributed by atoms with E-state index >= 15 is 0 Å². The molecule has 3 nitrogen and oxygen atoms in total. The highest BCUT2D eigenvalue weighted by Crippen LogP contribution is 2.19. The molecule has 1 amide bonds. The molecule has 0 unspecified atom stereocenters. The van der Waals surface area contributed by atoms with Gasteiger partial charge >= 0.3 is 0 Å². The summed E-state index contributed by atoms with van der Waals surface area (Å²) < 4.78 is 0. The Bertz CT molecular complexity index is 697. The molecule has 0 fully saturated rings. The zero-order valence-corrected chi connectivity index (χ0v) is 13.6. The Kier molecular flexibility index (Phi) is 4.76. The van der Waals surface area contributed by atoms with Gasteiger partial charge in [-0.1, -0.05) is 45.0 Å². The van der Waals surface area contributed by atoms with Crippen molar-refractivity contribution in [1.29, 1.82) is 0 Å². The van der Waals surface area contributed by atoms with E-state index in [1.54, 1.807) is 0 Å². The second-order valence-corrected chi connectivity index (χ2v) is 6.37. The number of aromatic nitrogens is 1. The van der Waals surface area contributed by atoms with Crippen molar-refractivity contribution in [2.24, 2.45) is 5.41 Å². The highest BCUT2D eigenvalue weighted by Gasteiger charge is 2.20. The molecule has 1 aromatic heterocycles. The third-order valence-corrected chi connectivity index (χ3v) is 3.18. The lowest BCUT2D eigenvalue weighted by Gasteiger charge is -2.17. The van der Waals surface area contributed by atoms with Crippen LogP contribution in [0.5, 0.6) is 0 Å². The molecule has 1 aromatic carbocycles. The fourth-order valence-corrected chi connectivity index (χ4v) is 1.88. The fourth-order valence-electron chi connectivity index (χ4n) is 1.88. The number of anilines is 1. The topological polar surface area (TPSA) is 42.0 Å². The summed E-state index contributed by atoms with van der Waals surface area (Å²) in [6, 6.07) is 13.7. The normalized spacial score (nSPS) is 11.6. The van der Waals surface area contributed by atoms with E-state index in [4.69, 9.17) is 0 Å². The van der Waals surface area contributed by atoms with Crippen LogP contribution >= 0.6 is 0 Å². The largest absolute Gasteiger partial charge is 0.326 e. The maximum absolute atomic E-state index is 12.0. The number of rotatable bonds is 3. The number of amides is 1. The van der Waals surface area contributed by atoms with Gasteiger partial charge < -0.3 is 5.32 Å². The molecule has 0 saturated carbocycles. The Morgan fingerprint density at radius 3 is 2.50 bits per heavy atom. The molecular weight excluding hydrogens is 272 g/mol. The van der Waals surface area contributed by atoms with E-state index in [1.165, 1.54) is 0 Å². The molecule has 0 radical (unpaired) electrons. The smallest absolute Gasteiger partial charge is 0.229 e. The van der Waals surface area contributed by atoms with Crippen molar-refractivity contribution in [3.8, 4) is 0 Å². The standard InChI is InChI=1S/C19H22N2O/c1-14-7-5-9-16(20-14)12-11-15-8-6-10-17(13-15)21-18(22)19(2,3)4/h5-13H,1-4H3,(H,21,22)/b12-11+. The summed E-state index contributed by atoms with van der Waals surface area (Å²) in [6.45, 7) is 7.67. The summed E-state index contributed by atoms with van der Waals surface area (Å²) in [5.74, 6) is 0.00832. The summed E-state index contributed by atoms with van der Waals surface area (Å²) >= 11 is 0. The first-order valence-electron chi connectivity index (χ1n) is 7.38. The molecule has 2 rings (SSSR count). The lowest BCUT2D eigenvalue weighted by molar-refractivity contribution is -0.123. The molecule has 0 aliphatic rings. The fraction of sp³-hybridized carbons (Fsp3) is 0.263. The van der Waals surface area contributed by atoms with Crippen molar-refractivity contribution in [3.05, 3.63) is 59.4 Å². The van der Waals surface area contributed by atoms with E-state index in [0.717, 1.165) is 22.6 Å². The van der Waals surface area contributed by atoms with Gasteiger partial charge in [0.2, 0.25) is 5.91 Å². The Hall–Kier alpha value is -2.42. The van der Waals surface area contributed by atoms with Crippen molar-refractivity contribution >= 4 is 23.7 Å². The maximum atomic E-state index is 12.0. The SMILES string of the molecule is Cc1cccc(/C=C/c2cccc(NC(=O)C(C)(C)C)c2)n1. The van der Waals surface area contributed by atoms with Crippen LogP contribution in [0.25, 0.3) is 12.2 Å². The number of hydrogen-bond donors (Lipinski definition) is 1. The van der Waals surface area contributed by atoms with Gasteiger partial charge in [-0.2, -0.15) is 0 Å². The Labute approximate surface area is 132 Å². The van der Waals surface area contributed by atoms with Crippen LogP contribution in [0.1, 0.15) is 37.7 Å². The first-order valence-corrected chi connectivity index (χ1v) is 7.38. The molecule has 0 aliphatic carbocycles. The third kappa shape index (κ3) is 4.55. The molecule has 0 saturated heterocycles. The second-order valence-electron chi connectivity index (χ2n) is 6.37. The number of nitrogens with one attached hydrogen (secondary N) is 1. The lowest BCUT2D eigenvalue weighted by atomic mass is 9.95. The van der Waals surface area contributed by atoms with Gasteiger partial charge in [-0.25, -0.2) is 0 Å². The van der Waals surface area contributed by atoms with Gasteiger partial charge in [-0.05, 0) is 42.8 Å². The van der Waals surface area contributed by atoms with Crippen molar-refractivity contribution in [2.45, 2.75) is 27.7 Å². The molecule has 3 heteroatoms. The number of carbonyl (C=O) groups excluding carboxylic acids is 1. The number of nitrogens with zero attached hydrogens (tertiary/aromatic N) is 1. The summed E-state index contributed by atoms with van der Waals surface area (Å²) in [5.41, 5.74) is 3.34. The predicted octanol–water partition coefficient (Wildman–Crippen LogP) is 4.55. The van der Waals surface area contributed by atoms with E-state index in [2.05, 4.69) is 10.3 Å². The molecule has 22 heavy (non-hydrogen) atoms. The average molecular weight is 294 g/mol. The molecule has 1 N–H and O–H groups in total. The van der Waals surface area contributed by atoms with Crippen molar-refractivity contribution in [1.82, 2.24) is 4.98 Å². The number of hydrogen-bond acceptors (Lipinski definition) is 2. The van der Waals surface area contributed by atoms with Gasteiger partial charge in [0.05, 0.1) is 5.69 Å². The highest BCUT2D eigenvalue weighted by atomic mass is 16.2. The third-order valence-electron chi connectivity index (χ3n) is 3.18. The van der Waals surface area contributed by atoms with Crippen LogP contribution in [0, 0.1) is 12.3 Å². The lowest BCUT2D eigenvalue weighted by Crippen LogP contribution is -2.27. The van der Waals surface area contributed by atoms with Crippen LogP contribution in [0.2, 0.25) is 0 Å². The van der Waals surface area contributed by atoms with Crippen LogP contribution in [-0.4, -0.2) is 10.9 Å². The Morgan fingerprint density at radius 2 is 1.82 bits per heavy atom. The molecular formula is C19H22N2O. The van der Waals surface area contributed by atoms with Gasteiger partial charge in [0.25, 0.3) is 0 Å². The summed E-state index contributed by atoms with van der Waals surface area (Å²) in [6.07, 6.45) is 3.96. The Balaban J connectivity index is 2.13. The van der Waals surface area contributed by atoms with E-state index < -0.39 is 5.41 Å². The summed E-state index contributed by atoms with van der Waals surface area (Å²) in [4.78, 5) is 16.5. The van der Waals surface area contributed by atoms with Crippen molar-refractivity contribution < 1.29 is 4.79 Å². The van der Waals surface area contributed by atoms with Crippen LogP contribution in [0.3, 0.4) is 0 Å². The van der Waals surface area contributed by atoms with E-state index in [-0.39, 0.29) is 5.91 Å². The van der Waals surface area contributed by atoms with Crippen molar-refractivity contribution in [3.63, 3.8) is 0 Å². The zero-order valence-electron chi connectivity index (χ0n) is 13.6. The second kappa shape index (κ2) is 6.56. The highest BCUT2D eigenvalue weighted by molar-refractivity contribution is 5.94. The van der Waals surface area contributed by atoms with Gasteiger partial charge in [-0.15, -0.1) is 0 Å². The van der Waals surface area contributed by atoms with Gasteiger partial charge in [0.15, 0.2) is 0 Å². The molecule has 0 aliphatic heterocycles. The van der Waals surface area contributed by atoms with E-state index in [9.17, 15) is 4.79 Å². The summed E-state index contributed by atoms with van der Waals surface area (Å²) in [7, 11) is 0. The first kappa shape index (κ1) is 16.0. The van der Waals surface area contributed by atoms with E-state index in [0.29, 0.717) is 0 Å². The van der Waals surface area contributed by atoms with Crippen LogP contribution < -0.4 is 5.32 Å². The monoisotopic (exact) mass is 294 g/mol. The van der Waals surface area contributed by atoms with Gasteiger partial charge in [-0.3, -0.25) is 9.78 Å². The molecule has 1 heterocycles. The quantitative estimate of drug-likeness (QED) is 0.902. The first-order chi connectivity index (χ1) is 10.3. The predicted molar refractivity (Wildman–Crippen MR) is 92.4 cm³/mol. The van der Waals surface area contributed by atoms with Gasteiger partial charge in [0.1, 0.15) is 0 Å². The minimum absolute atomic E-state index is 0.00832.